The molecule has 1 aliphatic rings. The van der Waals surface area contributed by atoms with Crippen LogP contribution in [0.5, 0.6) is 0 Å². The molecule has 88 valence electrons. The van der Waals surface area contributed by atoms with Gasteiger partial charge in [-0.15, -0.1) is 11.3 Å². The van der Waals surface area contributed by atoms with Crippen LogP contribution in [0.15, 0.2) is 5.51 Å². The van der Waals surface area contributed by atoms with Crippen LogP contribution in [0.25, 0.3) is 0 Å². The molecule has 2 rings (SSSR count). The van der Waals surface area contributed by atoms with Gasteiger partial charge in [0.05, 0.1) is 23.4 Å². The lowest BCUT2D eigenvalue weighted by atomic mass is 10.1. The molecule has 5 heteroatoms. The third-order valence-electron chi connectivity index (χ3n) is 2.65. The summed E-state index contributed by atoms with van der Waals surface area (Å²) in [6.45, 7) is 7.80. The molecule has 4 nitrogen and oxygen atoms in total. The predicted octanol–water partition coefficient (Wildman–Crippen LogP) is 1.70. The Kier molecular flexibility index (Phi) is 2.99. The predicted molar refractivity (Wildman–Crippen MR) is 62.8 cm³/mol. The molecule has 0 spiro atoms. The minimum Gasteiger partial charge on any atom is -0.372 e. The quantitative estimate of drug-likeness (QED) is 0.750. The number of hydrogen-bond acceptors (Lipinski definition) is 4. The molecule has 1 saturated heterocycles. The van der Waals surface area contributed by atoms with Gasteiger partial charge in [0.15, 0.2) is 0 Å². The van der Waals surface area contributed by atoms with E-state index in [-0.39, 0.29) is 11.5 Å². The molecule has 1 aliphatic heterocycles. The number of morpholine rings is 1. The number of carbonyl (C=O) groups is 1. The fraction of sp³-hybridized carbons (Fsp3) is 0.636. The van der Waals surface area contributed by atoms with Gasteiger partial charge in [-0.05, 0) is 20.8 Å². The van der Waals surface area contributed by atoms with Gasteiger partial charge < -0.3 is 9.64 Å². The second kappa shape index (κ2) is 4.14. The molecular formula is C11H16N2O2S. The van der Waals surface area contributed by atoms with E-state index < -0.39 is 0 Å². The van der Waals surface area contributed by atoms with Crippen molar-refractivity contribution in [2.24, 2.45) is 0 Å². The minimum absolute atomic E-state index is 0.0800. The highest BCUT2D eigenvalue weighted by atomic mass is 32.1. The Morgan fingerprint density at radius 1 is 1.62 bits per heavy atom. The van der Waals surface area contributed by atoms with E-state index in [2.05, 4.69) is 4.98 Å². The smallest absolute Gasteiger partial charge is 0.266 e. The lowest BCUT2D eigenvalue weighted by Crippen LogP contribution is -2.50. The molecular weight excluding hydrogens is 224 g/mol. The van der Waals surface area contributed by atoms with Gasteiger partial charge in [-0.1, -0.05) is 0 Å². The van der Waals surface area contributed by atoms with Crippen LogP contribution in [0.4, 0.5) is 0 Å². The molecule has 0 saturated carbocycles. The molecule has 0 aromatic carbocycles. The largest absolute Gasteiger partial charge is 0.372 e. The van der Waals surface area contributed by atoms with Crippen LogP contribution < -0.4 is 0 Å². The summed E-state index contributed by atoms with van der Waals surface area (Å²) in [6.07, 6.45) is 0. The molecule has 1 aromatic rings. The number of rotatable bonds is 1. The van der Waals surface area contributed by atoms with E-state index in [1.807, 2.05) is 25.7 Å². The summed E-state index contributed by atoms with van der Waals surface area (Å²) in [5, 5.41) is 0. The zero-order valence-corrected chi connectivity index (χ0v) is 10.6. The van der Waals surface area contributed by atoms with Gasteiger partial charge in [-0.3, -0.25) is 4.79 Å². The normalized spacial score (nSPS) is 19.8. The molecule has 0 N–H and O–H groups in total. The first-order chi connectivity index (χ1) is 7.49. The van der Waals surface area contributed by atoms with Crippen molar-refractivity contribution in [3.8, 4) is 0 Å². The van der Waals surface area contributed by atoms with Crippen molar-refractivity contribution < 1.29 is 9.53 Å². The Balaban J connectivity index is 2.14. The maximum absolute atomic E-state index is 12.2. The van der Waals surface area contributed by atoms with Gasteiger partial charge in [-0.25, -0.2) is 4.98 Å². The monoisotopic (exact) mass is 240 g/mol. The van der Waals surface area contributed by atoms with Crippen molar-refractivity contribution in [3.05, 3.63) is 16.1 Å². The van der Waals surface area contributed by atoms with Gasteiger partial charge >= 0.3 is 0 Å². The number of aryl methyl sites for hydroxylation is 1. The van der Waals surface area contributed by atoms with Gasteiger partial charge in [0.2, 0.25) is 0 Å². The first kappa shape index (κ1) is 11.5. The topological polar surface area (TPSA) is 42.4 Å². The highest BCUT2D eigenvalue weighted by molar-refractivity contribution is 7.11. The maximum Gasteiger partial charge on any atom is 0.266 e. The first-order valence-electron chi connectivity index (χ1n) is 5.33. The lowest BCUT2D eigenvalue weighted by molar-refractivity contribution is -0.0763. The van der Waals surface area contributed by atoms with Gasteiger partial charge in [0, 0.05) is 13.1 Å². The van der Waals surface area contributed by atoms with E-state index in [1.165, 1.54) is 11.3 Å². The van der Waals surface area contributed by atoms with Crippen molar-refractivity contribution >= 4 is 17.2 Å². The molecule has 0 atom stereocenters. The number of nitrogens with zero attached hydrogens (tertiary/aromatic N) is 2. The molecule has 1 aromatic heterocycles. The molecule has 0 unspecified atom stereocenters. The Morgan fingerprint density at radius 3 is 2.94 bits per heavy atom. The van der Waals surface area contributed by atoms with Crippen LogP contribution in [0.2, 0.25) is 0 Å². The number of carbonyl (C=O) groups excluding carboxylic acids is 1. The summed E-state index contributed by atoms with van der Waals surface area (Å²) in [7, 11) is 0. The van der Waals surface area contributed by atoms with Crippen LogP contribution in [-0.2, 0) is 4.74 Å². The average molecular weight is 240 g/mol. The SMILES string of the molecule is Cc1ncsc1C(=O)N1CCOC(C)(C)C1. The van der Waals surface area contributed by atoms with E-state index in [9.17, 15) is 4.79 Å². The van der Waals surface area contributed by atoms with E-state index >= 15 is 0 Å². The maximum atomic E-state index is 12.2. The first-order valence-corrected chi connectivity index (χ1v) is 6.21. The number of amides is 1. The van der Waals surface area contributed by atoms with Crippen molar-refractivity contribution in [1.29, 1.82) is 0 Å². The van der Waals surface area contributed by atoms with Crippen LogP contribution in [-0.4, -0.2) is 41.1 Å². The van der Waals surface area contributed by atoms with E-state index in [1.54, 1.807) is 5.51 Å². The highest BCUT2D eigenvalue weighted by Gasteiger charge is 2.31. The van der Waals surface area contributed by atoms with Gasteiger partial charge in [0.25, 0.3) is 5.91 Å². The third-order valence-corrected chi connectivity index (χ3v) is 3.57. The molecule has 1 amide bonds. The summed E-state index contributed by atoms with van der Waals surface area (Å²) < 4.78 is 5.59. The van der Waals surface area contributed by atoms with Crippen LogP contribution in [0, 0.1) is 6.92 Å². The molecule has 0 aliphatic carbocycles. The fourth-order valence-electron chi connectivity index (χ4n) is 1.84. The van der Waals surface area contributed by atoms with E-state index in [0.29, 0.717) is 19.7 Å². The van der Waals surface area contributed by atoms with Crippen LogP contribution in [0.3, 0.4) is 0 Å². The van der Waals surface area contributed by atoms with Crippen molar-refractivity contribution in [2.75, 3.05) is 19.7 Å². The Hall–Kier alpha value is -0.940. The molecule has 1 fully saturated rings. The fourth-order valence-corrected chi connectivity index (χ4v) is 2.61. The van der Waals surface area contributed by atoms with Crippen LogP contribution >= 0.6 is 11.3 Å². The number of ether oxygens (including phenoxy) is 1. The number of thiazole rings is 1. The lowest BCUT2D eigenvalue weighted by Gasteiger charge is -2.38. The Bertz CT molecular complexity index is 400. The van der Waals surface area contributed by atoms with Crippen molar-refractivity contribution in [1.82, 2.24) is 9.88 Å². The highest BCUT2D eigenvalue weighted by Crippen LogP contribution is 2.21. The standard InChI is InChI=1S/C11H16N2O2S/c1-8-9(16-7-12-8)10(14)13-4-5-15-11(2,3)6-13/h7H,4-6H2,1-3H3. The van der Waals surface area contributed by atoms with Crippen molar-refractivity contribution in [2.45, 2.75) is 26.4 Å². The Labute approximate surface area is 99.2 Å². The van der Waals surface area contributed by atoms with Crippen LogP contribution in [0.1, 0.15) is 29.2 Å². The second-order valence-corrected chi connectivity index (χ2v) is 5.46. The number of aromatic nitrogens is 1. The summed E-state index contributed by atoms with van der Waals surface area (Å²) >= 11 is 1.41. The zero-order valence-electron chi connectivity index (χ0n) is 9.82. The zero-order chi connectivity index (χ0) is 11.8. The second-order valence-electron chi connectivity index (χ2n) is 4.60. The van der Waals surface area contributed by atoms with E-state index in [4.69, 9.17) is 4.74 Å². The third kappa shape index (κ3) is 2.25. The van der Waals surface area contributed by atoms with E-state index in [0.717, 1.165) is 10.6 Å². The van der Waals surface area contributed by atoms with Crippen molar-refractivity contribution in [3.63, 3.8) is 0 Å². The summed E-state index contributed by atoms with van der Waals surface area (Å²) in [5.74, 6) is 0.0800. The molecule has 16 heavy (non-hydrogen) atoms. The summed E-state index contributed by atoms with van der Waals surface area (Å²) in [5.41, 5.74) is 2.29. The molecule has 0 radical (unpaired) electrons. The average Bonchev–Trinajstić information content (AvgIpc) is 2.62. The Morgan fingerprint density at radius 2 is 2.38 bits per heavy atom. The molecule has 2 heterocycles. The number of hydrogen-bond donors (Lipinski definition) is 0. The minimum atomic E-state index is -0.244. The summed E-state index contributed by atoms with van der Waals surface area (Å²) in [4.78, 5) is 18.9. The summed E-state index contributed by atoms with van der Waals surface area (Å²) in [6, 6.07) is 0. The van der Waals surface area contributed by atoms with Gasteiger partial charge in [-0.2, -0.15) is 0 Å². The van der Waals surface area contributed by atoms with Gasteiger partial charge in [0.1, 0.15) is 4.88 Å². The molecule has 0 bridgehead atoms.